The Morgan fingerprint density at radius 3 is 3.04 bits per heavy atom. The van der Waals surface area contributed by atoms with Gasteiger partial charge in [0.25, 0.3) is 0 Å². The van der Waals surface area contributed by atoms with Gasteiger partial charge in [0.15, 0.2) is 0 Å². The van der Waals surface area contributed by atoms with Crippen molar-refractivity contribution in [3.8, 4) is 6.07 Å². The molecule has 5 nitrogen and oxygen atoms in total. The van der Waals surface area contributed by atoms with E-state index in [1.807, 2.05) is 6.07 Å². The van der Waals surface area contributed by atoms with Gasteiger partial charge in [0.05, 0.1) is 17.6 Å². The number of benzene rings is 1. The Kier molecular flexibility index (Phi) is 6.68. The van der Waals surface area contributed by atoms with Gasteiger partial charge in [0.1, 0.15) is 17.4 Å². The zero-order valence-corrected chi connectivity index (χ0v) is 13.7. The minimum atomic E-state index is -0.520. The molecule has 23 heavy (non-hydrogen) atoms. The van der Waals surface area contributed by atoms with Crippen LogP contribution in [0.1, 0.15) is 24.8 Å². The highest BCUT2D eigenvalue weighted by Gasteiger charge is 2.23. The number of carbonyl (C=O) groups excluding carboxylic acids is 1. The van der Waals surface area contributed by atoms with Crippen LogP contribution in [-0.4, -0.2) is 41.6 Å². The van der Waals surface area contributed by atoms with Gasteiger partial charge in [-0.1, -0.05) is 6.07 Å². The number of unbranched alkanes of at least 4 members (excludes halogenated alkanes) is 1. The molecule has 1 aromatic carbocycles. The molecule has 0 aliphatic carbocycles. The van der Waals surface area contributed by atoms with Crippen molar-refractivity contribution in [3.05, 3.63) is 29.6 Å². The third kappa shape index (κ3) is 4.85. The third-order valence-corrected chi connectivity index (χ3v) is 4.73. The molecule has 2 rings (SSSR count). The molecule has 1 atom stereocenters. The number of nitrogens with one attached hydrogen (secondary N) is 1. The molecule has 1 aromatic rings. The molecule has 1 amide bonds. The Morgan fingerprint density at radius 1 is 1.52 bits per heavy atom. The molecule has 1 aliphatic heterocycles. The fourth-order valence-corrected chi connectivity index (χ4v) is 3.40. The Morgan fingerprint density at radius 2 is 2.35 bits per heavy atom. The highest BCUT2D eigenvalue weighted by atomic mass is 32.2. The van der Waals surface area contributed by atoms with Crippen LogP contribution in [0.15, 0.2) is 18.2 Å². The van der Waals surface area contributed by atoms with Crippen molar-refractivity contribution in [3.63, 3.8) is 0 Å². The molecule has 124 valence electrons. The van der Waals surface area contributed by atoms with Gasteiger partial charge in [-0.2, -0.15) is 5.26 Å². The molecule has 7 heteroatoms. The van der Waals surface area contributed by atoms with Gasteiger partial charge in [0, 0.05) is 18.8 Å². The molecule has 0 saturated carbocycles. The topological polar surface area (TPSA) is 82.1 Å². The van der Waals surface area contributed by atoms with E-state index in [-0.39, 0.29) is 11.5 Å². The van der Waals surface area contributed by atoms with Crippen LogP contribution in [0.25, 0.3) is 0 Å². The first-order valence-electron chi connectivity index (χ1n) is 7.68. The summed E-state index contributed by atoms with van der Waals surface area (Å²) in [6.07, 6.45) is 2.24. The molecule has 0 spiro atoms. The first-order chi connectivity index (χ1) is 11.1. The van der Waals surface area contributed by atoms with Crippen molar-refractivity contribution in [1.82, 2.24) is 4.90 Å². The monoisotopic (exact) mass is 336 g/mol. The molecule has 0 aromatic heterocycles. The average Bonchev–Trinajstić information content (AvgIpc) is 3.08. The molecule has 1 fully saturated rings. The average molecular weight is 336 g/mol. The van der Waals surface area contributed by atoms with Gasteiger partial charge in [-0.3, -0.25) is 4.79 Å². The van der Waals surface area contributed by atoms with E-state index in [1.165, 1.54) is 6.07 Å². The standard InChI is InChI=1S/C16H21FN4OS/c17-13-4-3-6-15(12(13)10-18)20-7-2-1-5-14(19)16(22)21-8-9-23-11-21/h3-4,6,14,20H,1-2,5,7-9,11,19H2/t14-/m0/s1. The van der Waals surface area contributed by atoms with E-state index < -0.39 is 11.9 Å². The number of hydrogen-bond donors (Lipinski definition) is 2. The second kappa shape index (κ2) is 8.75. The lowest BCUT2D eigenvalue weighted by atomic mass is 10.1. The van der Waals surface area contributed by atoms with Crippen molar-refractivity contribution in [1.29, 1.82) is 5.26 Å². The van der Waals surface area contributed by atoms with Gasteiger partial charge in [-0.15, -0.1) is 11.8 Å². The van der Waals surface area contributed by atoms with Gasteiger partial charge in [-0.05, 0) is 31.4 Å². The van der Waals surface area contributed by atoms with Gasteiger partial charge >= 0.3 is 0 Å². The fraction of sp³-hybridized carbons (Fsp3) is 0.500. The van der Waals surface area contributed by atoms with Crippen molar-refractivity contribution in [2.75, 3.05) is 30.0 Å². The van der Waals surface area contributed by atoms with Gasteiger partial charge in [0.2, 0.25) is 5.91 Å². The summed E-state index contributed by atoms with van der Waals surface area (Å²) >= 11 is 1.74. The number of nitrogens with zero attached hydrogens (tertiary/aromatic N) is 2. The Hall–Kier alpha value is -1.78. The molecule has 1 heterocycles. The number of halogens is 1. The number of carbonyl (C=O) groups is 1. The van der Waals surface area contributed by atoms with E-state index in [0.29, 0.717) is 18.7 Å². The summed E-state index contributed by atoms with van der Waals surface area (Å²) in [6.45, 7) is 1.40. The highest BCUT2D eigenvalue weighted by molar-refractivity contribution is 7.99. The molecule has 1 aliphatic rings. The molecular formula is C16H21FN4OS. The van der Waals surface area contributed by atoms with Crippen LogP contribution < -0.4 is 11.1 Å². The number of nitrogens with two attached hydrogens (primary N) is 1. The van der Waals surface area contributed by atoms with Crippen molar-refractivity contribution in [2.24, 2.45) is 5.73 Å². The van der Waals surface area contributed by atoms with E-state index >= 15 is 0 Å². The van der Waals surface area contributed by atoms with Crippen LogP contribution in [0.4, 0.5) is 10.1 Å². The molecule has 0 radical (unpaired) electrons. The van der Waals surface area contributed by atoms with E-state index in [2.05, 4.69) is 5.32 Å². The van der Waals surface area contributed by atoms with Crippen LogP contribution >= 0.6 is 11.8 Å². The first kappa shape index (κ1) is 17.6. The van der Waals surface area contributed by atoms with Crippen molar-refractivity contribution < 1.29 is 9.18 Å². The zero-order valence-electron chi connectivity index (χ0n) is 12.9. The third-order valence-electron chi connectivity index (χ3n) is 3.76. The largest absolute Gasteiger partial charge is 0.384 e. The zero-order chi connectivity index (χ0) is 16.7. The van der Waals surface area contributed by atoms with Crippen LogP contribution in [0.5, 0.6) is 0 Å². The maximum atomic E-state index is 13.4. The van der Waals surface area contributed by atoms with Crippen LogP contribution in [0, 0.1) is 17.1 Å². The molecule has 0 unspecified atom stereocenters. The summed E-state index contributed by atoms with van der Waals surface area (Å²) in [5.74, 6) is 1.23. The lowest BCUT2D eigenvalue weighted by Crippen LogP contribution is -2.42. The predicted molar refractivity (Wildman–Crippen MR) is 90.5 cm³/mol. The first-order valence-corrected chi connectivity index (χ1v) is 8.83. The fourth-order valence-electron chi connectivity index (χ4n) is 2.44. The smallest absolute Gasteiger partial charge is 0.240 e. The maximum Gasteiger partial charge on any atom is 0.240 e. The van der Waals surface area contributed by atoms with E-state index in [9.17, 15) is 9.18 Å². The highest BCUT2D eigenvalue weighted by Crippen LogP contribution is 2.18. The number of nitriles is 1. The number of anilines is 1. The summed E-state index contributed by atoms with van der Waals surface area (Å²) in [5, 5.41) is 12.0. The number of amides is 1. The normalized spacial score (nSPS) is 15.3. The molecule has 3 N–H and O–H groups in total. The minimum absolute atomic E-state index is 0.0276. The second-order valence-electron chi connectivity index (χ2n) is 5.44. The summed E-state index contributed by atoms with van der Waals surface area (Å²) in [4.78, 5) is 13.9. The maximum absolute atomic E-state index is 13.4. The molecule has 1 saturated heterocycles. The van der Waals surface area contributed by atoms with Crippen molar-refractivity contribution in [2.45, 2.75) is 25.3 Å². The van der Waals surface area contributed by atoms with E-state index in [1.54, 1.807) is 28.8 Å². The van der Waals surface area contributed by atoms with E-state index in [0.717, 1.165) is 31.0 Å². The Labute approximate surface area is 140 Å². The van der Waals surface area contributed by atoms with E-state index in [4.69, 9.17) is 11.0 Å². The Balaban J connectivity index is 1.69. The van der Waals surface area contributed by atoms with Crippen LogP contribution in [-0.2, 0) is 4.79 Å². The Bertz CT molecular complexity index is 584. The summed E-state index contributed by atoms with van der Waals surface area (Å²) < 4.78 is 13.4. The second-order valence-corrected chi connectivity index (χ2v) is 6.52. The number of rotatable bonds is 7. The van der Waals surface area contributed by atoms with Gasteiger partial charge < -0.3 is 16.0 Å². The quantitative estimate of drug-likeness (QED) is 0.746. The summed E-state index contributed by atoms with van der Waals surface area (Å²) in [5.41, 5.74) is 6.48. The van der Waals surface area contributed by atoms with Crippen LogP contribution in [0.3, 0.4) is 0 Å². The number of hydrogen-bond acceptors (Lipinski definition) is 5. The number of thioether (sulfide) groups is 1. The predicted octanol–water partition coefficient (Wildman–Crippen LogP) is 2.14. The SMILES string of the molecule is N#Cc1c(F)cccc1NCCCC[C@H](N)C(=O)N1CCSC1. The van der Waals surface area contributed by atoms with Crippen molar-refractivity contribution >= 4 is 23.4 Å². The summed E-state index contributed by atoms with van der Waals surface area (Å²) in [7, 11) is 0. The lowest BCUT2D eigenvalue weighted by Gasteiger charge is -2.19. The van der Waals surface area contributed by atoms with Crippen LogP contribution in [0.2, 0.25) is 0 Å². The van der Waals surface area contributed by atoms with Gasteiger partial charge in [-0.25, -0.2) is 4.39 Å². The lowest BCUT2D eigenvalue weighted by molar-refractivity contribution is -0.131. The minimum Gasteiger partial charge on any atom is -0.384 e. The molecule has 0 bridgehead atoms. The molecular weight excluding hydrogens is 315 g/mol. The summed E-state index contributed by atoms with van der Waals surface area (Å²) in [6, 6.07) is 5.93.